The number of rotatable bonds is 5. The second-order valence-corrected chi connectivity index (χ2v) is 6.81. The molecule has 0 heterocycles. The van der Waals surface area contributed by atoms with Crippen molar-refractivity contribution in [1.29, 1.82) is 0 Å². The number of nitrogens with zero attached hydrogens (tertiary/aromatic N) is 1. The average molecular weight is 325 g/mol. The van der Waals surface area contributed by atoms with Crippen molar-refractivity contribution in [3.8, 4) is 0 Å². The molecule has 1 unspecified atom stereocenters. The first-order valence-electron chi connectivity index (χ1n) is 5.84. The van der Waals surface area contributed by atoms with E-state index in [1.54, 1.807) is 0 Å². The molecule has 0 aromatic rings. The summed E-state index contributed by atoms with van der Waals surface area (Å²) in [6, 6.07) is 0. The highest BCUT2D eigenvalue weighted by Gasteiger charge is 2.55. The molecule has 8 heteroatoms. The van der Waals surface area contributed by atoms with Gasteiger partial charge in [0.1, 0.15) is 4.33 Å². The molecular formula is C10H20Cl3NO4. The molecule has 0 aromatic carbocycles. The van der Waals surface area contributed by atoms with E-state index in [2.05, 4.69) is 20.8 Å². The van der Waals surface area contributed by atoms with Gasteiger partial charge in [-0.05, 0) is 27.2 Å². The van der Waals surface area contributed by atoms with Crippen molar-refractivity contribution in [2.45, 2.75) is 31.5 Å². The molecule has 1 aliphatic carbocycles. The second kappa shape index (κ2) is 6.90. The van der Waals surface area contributed by atoms with Crippen molar-refractivity contribution in [3.05, 3.63) is 0 Å². The Bertz CT molecular complexity index is 240. The quantitative estimate of drug-likeness (QED) is 0.445. The van der Waals surface area contributed by atoms with Crippen molar-refractivity contribution in [2.75, 3.05) is 26.2 Å². The molecule has 1 fully saturated rings. The Morgan fingerprint density at radius 2 is 1.33 bits per heavy atom. The summed E-state index contributed by atoms with van der Waals surface area (Å²) in [6.07, 6.45) is 0.982. The van der Waals surface area contributed by atoms with Gasteiger partial charge in [0.2, 0.25) is 0 Å². The highest BCUT2D eigenvalue weighted by molar-refractivity contribution is 6.50. The molecule has 5 nitrogen and oxygen atoms in total. The summed E-state index contributed by atoms with van der Waals surface area (Å²) < 4.78 is 34.7. The third-order valence-electron chi connectivity index (χ3n) is 3.58. The lowest BCUT2D eigenvalue weighted by molar-refractivity contribution is -2.00. The van der Waals surface area contributed by atoms with Crippen LogP contribution >= 0.6 is 23.2 Å². The van der Waals surface area contributed by atoms with Crippen molar-refractivity contribution in [2.24, 2.45) is 5.92 Å². The van der Waals surface area contributed by atoms with E-state index in [9.17, 15) is 0 Å². The van der Waals surface area contributed by atoms with Crippen LogP contribution in [0.3, 0.4) is 0 Å². The van der Waals surface area contributed by atoms with Crippen molar-refractivity contribution in [3.63, 3.8) is 0 Å². The van der Waals surface area contributed by atoms with Crippen molar-refractivity contribution < 1.29 is 33.4 Å². The van der Waals surface area contributed by atoms with Crippen LogP contribution in [0.4, 0.5) is 0 Å². The molecule has 0 radical (unpaired) electrons. The number of hydrogen-bond donors (Lipinski definition) is 0. The number of alkyl halides is 2. The van der Waals surface area contributed by atoms with Gasteiger partial charge >= 0.3 is 0 Å². The topological polar surface area (TPSA) is 92.2 Å². The van der Waals surface area contributed by atoms with E-state index in [1.165, 1.54) is 19.6 Å². The average Bonchev–Trinajstić information content (AvgIpc) is 2.80. The Balaban J connectivity index is 0.000000494. The lowest BCUT2D eigenvalue weighted by atomic mass is 10.2. The molecule has 1 atom stereocenters. The molecular weight excluding hydrogens is 304 g/mol. The molecule has 0 spiro atoms. The van der Waals surface area contributed by atoms with E-state index in [1.807, 2.05) is 0 Å². The minimum atomic E-state index is -4.94. The maximum absolute atomic E-state index is 8.49. The minimum absolute atomic E-state index is 0.400. The van der Waals surface area contributed by atoms with Gasteiger partial charge in [-0.2, -0.15) is 0 Å². The largest absolute Gasteiger partial charge is 0.324 e. The van der Waals surface area contributed by atoms with Crippen LogP contribution < -0.4 is 18.6 Å². The zero-order chi connectivity index (χ0) is 14.6. The summed E-state index contributed by atoms with van der Waals surface area (Å²) in [5, 5.41) is 0. The normalized spacial score (nSPS) is 22.2. The van der Waals surface area contributed by atoms with Gasteiger partial charge in [-0.3, -0.25) is 0 Å². The van der Waals surface area contributed by atoms with Gasteiger partial charge in [-0.1, -0.05) is 0 Å². The van der Waals surface area contributed by atoms with Crippen LogP contribution in [0.2, 0.25) is 0 Å². The van der Waals surface area contributed by atoms with Crippen LogP contribution in [0, 0.1) is 16.2 Å². The first kappa shape index (κ1) is 18.7. The molecule has 18 heavy (non-hydrogen) atoms. The molecule has 1 rings (SSSR count). The summed E-state index contributed by atoms with van der Waals surface area (Å²) in [5.41, 5.74) is 0. The summed E-state index contributed by atoms with van der Waals surface area (Å²) in [5.74, 6) is 0.524. The maximum atomic E-state index is 8.49. The van der Waals surface area contributed by atoms with Gasteiger partial charge in [0.25, 0.3) is 0 Å². The number of halogens is 3. The molecule has 0 N–H and O–H groups in total. The van der Waals surface area contributed by atoms with Crippen LogP contribution in [0.15, 0.2) is 0 Å². The Hall–Kier alpha value is 0.670. The lowest BCUT2D eigenvalue weighted by Gasteiger charge is -2.36. The van der Waals surface area contributed by atoms with Crippen LogP contribution in [0.25, 0.3) is 0 Å². The molecule has 110 valence electrons. The van der Waals surface area contributed by atoms with E-state index in [0.717, 1.165) is 17.4 Å². The van der Waals surface area contributed by atoms with Crippen LogP contribution in [0.5, 0.6) is 0 Å². The third-order valence-corrected chi connectivity index (χ3v) is 4.50. The molecule has 0 amide bonds. The molecule has 1 saturated carbocycles. The van der Waals surface area contributed by atoms with Gasteiger partial charge in [0.15, 0.2) is 0 Å². The van der Waals surface area contributed by atoms with Gasteiger partial charge in [-0.15, -0.1) is 33.4 Å². The van der Waals surface area contributed by atoms with Crippen molar-refractivity contribution >= 4 is 23.2 Å². The Morgan fingerprint density at radius 1 is 1.06 bits per heavy atom. The Labute approximate surface area is 120 Å². The minimum Gasteiger partial charge on any atom is -0.324 e. The summed E-state index contributed by atoms with van der Waals surface area (Å²) in [4.78, 5) is 0. The highest BCUT2D eigenvalue weighted by atomic mass is 35.7. The fourth-order valence-corrected chi connectivity index (χ4v) is 2.50. The van der Waals surface area contributed by atoms with E-state index < -0.39 is 14.6 Å². The Morgan fingerprint density at radius 3 is 1.50 bits per heavy atom. The monoisotopic (exact) mass is 323 g/mol. The zero-order valence-corrected chi connectivity index (χ0v) is 13.1. The van der Waals surface area contributed by atoms with Crippen LogP contribution in [0.1, 0.15) is 27.2 Å². The van der Waals surface area contributed by atoms with Gasteiger partial charge in [0.05, 0.1) is 26.2 Å². The van der Waals surface area contributed by atoms with Crippen molar-refractivity contribution in [1.82, 2.24) is 0 Å². The fraction of sp³-hybridized carbons (Fsp3) is 1.00. The van der Waals surface area contributed by atoms with Gasteiger partial charge < -0.3 is 4.48 Å². The maximum Gasteiger partial charge on any atom is 0.127 e. The number of quaternary nitrogens is 1. The molecule has 0 bridgehead atoms. The van der Waals surface area contributed by atoms with Gasteiger partial charge in [-0.25, -0.2) is 18.6 Å². The van der Waals surface area contributed by atoms with E-state index in [0.29, 0.717) is 5.92 Å². The summed E-state index contributed by atoms with van der Waals surface area (Å²) in [7, 11) is -4.94. The van der Waals surface area contributed by atoms with E-state index in [-0.39, 0.29) is 0 Å². The molecule has 0 aliphatic heterocycles. The first-order chi connectivity index (χ1) is 7.99. The van der Waals surface area contributed by atoms with Crippen LogP contribution in [-0.4, -0.2) is 35.0 Å². The standard InChI is InChI=1S/C10H20Cl2N.ClHO4/c1-4-13(5-2,6-3)8-9-7-10(9,11)12;2-1(3,4)5/h9H,4-8H2,1-3H3;(H,2,3,4,5)/q+1;/p-1. The van der Waals surface area contributed by atoms with Gasteiger partial charge in [0, 0.05) is 5.92 Å². The summed E-state index contributed by atoms with van der Waals surface area (Å²) >= 11 is 12.1. The molecule has 0 saturated heterocycles. The fourth-order valence-electron chi connectivity index (χ4n) is 1.99. The van der Waals surface area contributed by atoms with E-state index >= 15 is 0 Å². The number of hydrogen-bond acceptors (Lipinski definition) is 4. The van der Waals surface area contributed by atoms with Crippen LogP contribution in [-0.2, 0) is 0 Å². The Kier molecular flexibility index (Phi) is 7.16. The smallest absolute Gasteiger partial charge is 0.127 e. The predicted octanol–water partition coefficient (Wildman–Crippen LogP) is -1.70. The SMILES string of the molecule is CC[N+](CC)(CC)CC1CC1(Cl)Cl.[O-][Cl+3]([O-])([O-])[O-]. The summed E-state index contributed by atoms with van der Waals surface area (Å²) in [6.45, 7) is 11.5. The van der Waals surface area contributed by atoms with E-state index in [4.69, 9.17) is 41.8 Å². The molecule has 0 aromatic heterocycles. The second-order valence-electron chi connectivity index (χ2n) is 4.51. The third kappa shape index (κ3) is 7.31. The highest BCUT2D eigenvalue weighted by Crippen LogP contribution is 2.53. The predicted molar refractivity (Wildman–Crippen MR) is 59.3 cm³/mol. The lowest BCUT2D eigenvalue weighted by Crippen LogP contribution is -2.68. The zero-order valence-electron chi connectivity index (χ0n) is 10.8. The first-order valence-corrected chi connectivity index (χ1v) is 7.83. The molecule has 1 aliphatic rings.